The van der Waals surface area contributed by atoms with Gasteiger partial charge in [-0.2, -0.15) is 0 Å². The third-order valence-corrected chi connectivity index (χ3v) is 5.77. The minimum Gasteiger partial charge on any atom is -0.462 e. The maximum atomic E-state index is 11.7. The van der Waals surface area contributed by atoms with Crippen LogP contribution in [0.15, 0.2) is 28.5 Å². The Morgan fingerprint density at radius 3 is 2.56 bits per heavy atom. The van der Waals surface area contributed by atoms with E-state index in [1.54, 1.807) is 7.11 Å². The molecule has 0 saturated carbocycles. The highest BCUT2D eigenvalue weighted by Crippen LogP contribution is 2.34. The maximum Gasteiger partial charge on any atom is 0.303 e. The molecule has 0 aliphatic carbocycles. The van der Waals surface area contributed by atoms with Crippen LogP contribution in [-0.2, 0) is 28.6 Å². The van der Waals surface area contributed by atoms with Gasteiger partial charge in [0.2, 0.25) is 0 Å². The molecule has 1 aliphatic heterocycles. The summed E-state index contributed by atoms with van der Waals surface area (Å²) in [5.74, 6) is -0.345. The fraction of sp³-hybridized carbons (Fsp3) is 0.720. The molecule has 7 nitrogen and oxygen atoms in total. The van der Waals surface area contributed by atoms with Gasteiger partial charge >= 0.3 is 11.9 Å². The van der Waals surface area contributed by atoms with Gasteiger partial charge in [0.05, 0.1) is 12.3 Å². The van der Waals surface area contributed by atoms with Crippen LogP contribution in [0.5, 0.6) is 0 Å². The molecule has 1 rings (SSSR count). The van der Waals surface area contributed by atoms with Crippen LogP contribution in [0.1, 0.15) is 80.1 Å². The fourth-order valence-electron chi connectivity index (χ4n) is 3.78. The minimum absolute atomic E-state index is 0.230. The number of hydrogen-bond acceptors (Lipinski definition) is 7. The largest absolute Gasteiger partial charge is 0.462 e. The van der Waals surface area contributed by atoms with Crippen LogP contribution >= 0.6 is 0 Å². The summed E-state index contributed by atoms with van der Waals surface area (Å²) < 4.78 is 17.0. The van der Waals surface area contributed by atoms with Crippen LogP contribution in [0.4, 0.5) is 0 Å². The van der Waals surface area contributed by atoms with Crippen molar-refractivity contribution >= 4 is 17.7 Å². The number of oxime groups is 1. The molecule has 0 aromatic carbocycles. The van der Waals surface area contributed by atoms with Crippen LogP contribution in [0, 0.1) is 5.92 Å². The molecule has 0 spiro atoms. The number of esters is 2. The zero-order valence-corrected chi connectivity index (χ0v) is 20.9. The molecule has 1 heterocycles. The average Bonchev–Trinajstić information content (AvgIpc) is 2.84. The number of rotatable bonds is 11. The van der Waals surface area contributed by atoms with Crippen molar-refractivity contribution < 1.29 is 28.6 Å². The van der Waals surface area contributed by atoms with E-state index in [9.17, 15) is 9.59 Å². The Bertz CT molecular complexity index is 707. The average molecular weight is 452 g/mol. The summed E-state index contributed by atoms with van der Waals surface area (Å²) in [5, 5.41) is 4.23. The second-order valence-corrected chi connectivity index (χ2v) is 8.95. The van der Waals surface area contributed by atoms with Crippen molar-refractivity contribution in [1.82, 2.24) is 0 Å². The van der Waals surface area contributed by atoms with Crippen molar-refractivity contribution in [3.05, 3.63) is 23.3 Å². The highest BCUT2D eigenvalue weighted by atomic mass is 16.6. The van der Waals surface area contributed by atoms with E-state index in [2.05, 4.69) is 32.0 Å². The minimum atomic E-state index is -0.582. The lowest BCUT2D eigenvalue weighted by atomic mass is 9.87. The second-order valence-electron chi connectivity index (χ2n) is 8.95. The van der Waals surface area contributed by atoms with E-state index in [0.29, 0.717) is 13.0 Å². The molecule has 1 saturated heterocycles. The Balaban J connectivity index is 2.80. The van der Waals surface area contributed by atoms with Gasteiger partial charge in [-0.05, 0) is 70.4 Å². The highest BCUT2D eigenvalue weighted by Gasteiger charge is 2.39. The maximum absolute atomic E-state index is 11.7. The molecule has 1 fully saturated rings. The summed E-state index contributed by atoms with van der Waals surface area (Å²) in [7, 11) is 1.58. The SMILES string of the molecule is CON=C(CC=C(C)C)C(C)CCC[C@]1(C)OCC(=CCOC(C)=O)CC[C@H]1OC(C)=O. The Morgan fingerprint density at radius 2 is 1.97 bits per heavy atom. The molecule has 7 heteroatoms. The molecule has 0 aromatic heterocycles. The van der Waals surface area contributed by atoms with E-state index >= 15 is 0 Å². The number of ether oxygens (including phenoxy) is 3. The number of allylic oxidation sites excluding steroid dienone is 2. The van der Waals surface area contributed by atoms with Crippen LogP contribution in [0.2, 0.25) is 0 Å². The summed E-state index contributed by atoms with van der Waals surface area (Å²) >= 11 is 0. The molecule has 0 radical (unpaired) electrons. The summed E-state index contributed by atoms with van der Waals surface area (Å²) in [6.45, 7) is 11.8. The molecule has 182 valence electrons. The molecule has 32 heavy (non-hydrogen) atoms. The summed E-state index contributed by atoms with van der Waals surface area (Å²) in [6.07, 6.45) is 8.49. The summed E-state index contributed by atoms with van der Waals surface area (Å²) in [5.41, 5.74) is 2.74. The lowest BCUT2D eigenvalue weighted by molar-refractivity contribution is -0.167. The number of nitrogens with zero attached hydrogens (tertiary/aromatic N) is 1. The van der Waals surface area contributed by atoms with E-state index in [1.165, 1.54) is 19.4 Å². The third-order valence-electron chi connectivity index (χ3n) is 5.77. The van der Waals surface area contributed by atoms with Crippen molar-refractivity contribution in [3.63, 3.8) is 0 Å². The molecule has 3 atom stereocenters. The van der Waals surface area contributed by atoms with Crippen molar-refractivity contribution in [2.45, 2.75) is 91.8 Å². The summed E-state index contributed by atoms with van der Waals surface area (Å²) in [6, 6.07) is 0. The molecule has 0 amide bonds. The fourth-order valence-corrected chi connectivity index (χ4v) is 3.78. The second kappa shape index (κ2) is 14.1. The molecule has 1 unspecified atom stereocenters. The van der Waals surface area contributed by atoms with E-state index in [1.807, 2.05) is 13.0 Å². The van der Waals surface area contributed by atoms with Gasteiger partial charge in [0.1, 0.15) is 25.4 Å². The molecule has 0 aromatic rings. The van der Waals surface area contributed by atoms with Gasteiger partial charge in [-0.1, -0.05) is 23.7 Å². The lowest BCUT2D eigenvalue weighted by Crippen LogP contribution is -2.43. The highest BCUT2D eigenvalue weighted by molar-refractivity contribution is 5.87. The van der Waals surface area contributed by atoms with Crippen molar-refractivity contribution in [1.29, 1.82) is 0 Å². The van der Waals surface area contributed by atoms with Crippen LogP contribution in [0.3, 0.4) is 0 Å². The van der Waals surface area contributed by atoms with Crippen LogP contribution in [0.25, 0.3) is 0 Å². The van der Waals surface area contributed by atoms with Gasteiger partial charge in [-0.3, -0.25) is 9.59 Å². The first kappa shape index (κ1) is 27.9. The van der Waals surface area contributed by atoms with Gasteiger partial charge in [-0.25, -0.2) is 0 Å². The molecule has 0 bridgehead atoms. The first-order valence-electron chi connectivity index (χ1n) is 11.4. The van der Waals surface area contributed by atoms with Gasteiger partial charge in [0.15, 0.2) is 0 Å². The number of hydrogen-bond donors (Lipinski definition) is 0. The lowest BCUT2D eigenvalue weighted by Gasteiger charge is -2.35. The Labute approximate surface area is 193 Å². The van der Waals surface area contributed by atoms with E-state index in [-0.39, 0.29) is 30.6 Å². The van der Waals surface area contributed by atoms with Crippen molar-refractivity contribution in [3.8, 4) is 0 Å². The normalized spacial score (nSPS) is 23.8. The zero-order valence-electron chi connectivity index (χ0n) is 20.9. The smallest absolute Gasteiger partial charge is 0.303 e. The molecule has 0 N–H and O–H groups in total. The number of carbonyl (C=O) groups excluding carboxylic acids is 2. The van der Waals surface area contributed by atoms with E-state index in [4.69, 9.17) is 19.0 Å². The first-order valence-corrected chi connectivity index (χ1v) is 11.4. The Morgan fingerprint density at radius 1 is 1.25 bits per heavy atom. The summed E-state index contributed by atoms with van der Waals surface area (Å²) in [4.78, 5) is 27.8. The predicted octanol–water partition coefficient (Wildman–Crippen LogP) is 5.14. The van der Waals surface area contributed by atoms with Crippen LogP contribution in [-0.4, -0.2) is 49.7 Å². The quantitative estimate of drug-likeness (QED) is 0.187. The van der Waals surface area contributed by atoms with E-state index in [0.717, 1.165) is 43.4 Å². The van der Waals surface area contributed by atoms with Gasteiger partial charge in [0.25, 0.3) is 0 Å². The number of carbonyl (C=O) groups is 2. The van der Waals surface area contributed by atoms with Crippen LogP contribution < -0.4 is 0 Å². The molecular formula is C25H41NO6. The topological polar surface area (TPSA) is 83.4 Å². The van der Waals surface area contributed by atoms with Crippen molar-refractivity contribution in [2.24, 2.45) is 11.1 Å². The monoisotopic (exact) mass is 451 g/mol. The van der Waals surface area contributed by atoms with Gasteiger partial charge in [-0.15, -0.1) is 0 Å². The van der Waals surface area contributed by atoms with Gasteiger partial charge < -0.3 is 19.0 Å². The van der Waals surface area contributed by atoms with Crippen molar-refractivity contribution in [2.75, 3.05) is 20.3 Å². The predicted molar refractivity (Wildman–Crippen MR) is 125 cm³/mol. The first-order chi connectivity index (χ1) is 15.1. The van der Waals surface area contributed by atoms with Gasteiger partial charge in [0, 0.05) is 20.3 Å². The standard InChI is InChI=1S/C25H41NO6/c1-18(2)10-12-23(26-29-7)19(3)9-8-15-25(6)24(32-21(5)28)13-11-22(17-31-25)14-16-30-20(4)27/h10,14,19,24H,8-9,11-13,15-17H2,1-7H3/t19?,24-,25+/m1/s1. The Hall–Kier alpha value is -2.15. The third kappa shape index (κ3) is 10.4. The Kier molecular flexibility index (Phi) is 12.3. The molecular weight excluding hydrogens is 410 g/mol. The van der Waals surface area contributed by atoms with E-state index < -0.39 is 5.60 Å². The zero-order chi connectivity index (χ0) is 24.1. The molecule has 1 aliphatic rings.